The second-order valence-corrected chi connectivity index (χ2v) is 12.0. The number of carbonyl (C=O) groups excluding carboxylic acids is 1. The highest BCUT2D eigenvalue weighted by Crippen LogP contribution is 2.34. The van der Waals surface area contributed by atoms with Crippen LogP contribution in [0.5, 0.6) is 0 Å². The van der Waals surface area contributed by atoms with Crippen molar-refractivity contribution < 1.29 is 27.4 Å². The van der Waals surface area contributed by atoms with E-state index >= 15 is 0 Å². The largest absolute Gasteiger partial charge is 0.455 e. The molecule has 0 bridgehead atoms. The Labute approximate surface area is 230 Å². The molecule has 1 aliphatic heterocycles. The van der Waals surface area contributed by atoms with Gasteiger partial charge in [0.2, 0.25) is 11.9 Å². The number of nitrogens with one attached hydrogen (secondary N) is 1. The fourth-order valence-corrected chi connectivity index (χ4v) is 5.35. The molecule has 2 unspecified atom stereocenters. The van der Waals surface area contributed by atoms with Crippen molar-refractivity contribution in [3.05, 3.63) is 114 Å². The minimum absolute atomic E-state index is 0.0323. The van der Waals surface area contributed by atoms with E-state index < -0.39 is 27.6 Å². The van der Waals surface area contributed by atoms with Crippen LogP contribution >= 0.6 is 11.3 Å². The van der Waals surface area contributed by atoms with Gasteiger partial charge in [0.1, 0.15) is 0 Å². The number of amides is 1. The van der Waals surface area contributed by atoms with Crippen LogP contribution in [0.1, 0.15) is 18.1 Å². The van der Waals surface area contributed by atoms with Crippen molar-refractivity contribution >= 4 is 32.2 Å². The molecule has 39 heavy (non-hydrogen) atoms. The van der Waals surface area contributed by atoms with E-state index in [1.165, 1.54) is 29.7 Å². The van der Waals surface area contributed by atoms with Gasteiger partial charge in [-0.2, -0.15) is 0 Å². The number of benzene rings is 3. The zero-order valence-electron chi connectivity index (χ0n) is 21.2. The molecule has 1 aromatic heterocycles. The predicted octanol–water partition coefficient (Wildman–Crippen LogP) is 5.50. The van der Waals surface area contributed by atoms with Gasteiger partial charge in [0.25, 0.3) is 5.91 Å². The molecular formula is C29H26N2O6S2. The molecule has 0 spiro atoms. The fourth-order valence-electron chi connectivity index (χ4n) is 4.01. The summed E-state index contributed by atoms with van der Waals surface area (Å²) in [6.45, 7) is 1.58. The van der Waals surface area contributed by atoms with Gasteiger partial charge in [-0.1, -0.05) is 72.8 Å². The molecular weight excluding hydrogens is 536 g/mol. The van der Waals surface area contributed by atoms with Crippen LogP contribution < -0.4 is 5.32 Å². The van der Waals surface area contributed by atoms with Gasteiger partial charge in [-0.15, -0.1) is 11.3 Å². The van der Waals surface area contributed by atoms with Gasteiger partial charge in [0.05, 0.1) is 10.6 Å². The lowest BCUT2D eigenvalue weighted by molar-refractivity contribution is -0.148. The first-order valence-electron chi connectivity index (χ1n) is 12.1. The van der Waals surface area contributed by atoms with Gasteiger partial charge in [0, 0.05) is 29.2 Å². The maximum Gasteiger partial charge on any atom is 0.320 e. The minimum Gasteiger partial charge on any atom is -0.455 e. The van der Waals surface area contributed by atoms with Gasteiger partial charge in [-0.05, 0) is 24.6 Å². The SMILES string of the molecule is CC(OC1=COC(Cc2ccccc2)O1)(C(=O)Nc1nc(-c2ccccc2)cs1)c1ccc(S(C)(=O)=O)cc1. The third-order valence-corrected chi connectivity index (χ3v) is 8.06. The Hall–Kier alpha value is -4.15. The summed E-state index contributed by atoms with van der Waals surface area (Å²) in [5.74, 6) is -0.482. The summed E-state index contributed by atoms with van der Waals surface area (Å²) in [5.41, 5.74) is 1.49. The van der Waals surface area contributed by atoms with Crippen LogP contribution in [-0.4, -0.2) is 31.9 Å². The molecule has 1 N–H and O–H groups in total. The maximum absolute atomic E-state index is 13.7. The van der Waals surface area contributed by atoms with E-state index in [9.17, 15) is 13.2 Å². The molecule has 8 nitrogen and oxygen atoms in total. The van der Waals surface area contributed by atoms with Crippen molar-refractivity contribution in [2.45, 2.75) is 30.1 Å². The Bertz CT molecular complexity index is 1590. The van der Waals surface area contributed by atoms with Crippen LogP contribution in [0.2, 0.25) is 0 Å². The summed E-state index contributed by atoms with van der Waals surface area (Å²) < 4.78 is 41.6. The van der Waals surface area contributed by atoms with E-state index in [1.807, 2.05) is 66.0 Å². The van der Waals surface area contributed by atoms with Gasteiger partial charge < -0.3 is 14.2 Å². The number of thiazole rings is 1. The molecule has 1 amide bonds. The van der Waals surface area contributed by atoms with Gasteiger partial charge in [-0.3, -0.25) is 10.1 Å². The Kier molecular flexibility index (Phi) is 7.40. The molecule has 0 radical (unpaired) electrons. The number of sulfone groups is 1. The molecule has 0 saturated heterocycles. The van der Waals surface area contributed by atoms with Crippen molar-refractivity contribution in [2.75, 3.05) is 11.6 Å². The molecule has 4 aromatic rings. The number of rotatable bonds is 9. The predicted molar refractivity (Wildman–Crippen MR) is 148 cm³/mol. The third kappa shape index (κ3) is 6.13. The topological polar surface area (TPSA) is 104 Å². The number of hydrogen-bond acceptors (Lipinski definition) is 8. The molecule has 2 atom stereocenters. The first-order valence-corrected chi connectivity index (χ1v) is 14.9. The van der Waals surface area contributed by atoms with E-state index in [-0.39, 0.29) is 10.8 Å². The number of aromatic nitrogens is 1. The van der Waals surface area contributed by atoms with E-state index in [0.717, 1.165) is 23.1 Å². The normalized spacial score (nSPS) is 16.4. The first-order chi connectivity index (χ1) is 18.7. The lowest BCUT2D eigenvalue weighted by Crippen LogP contribution is -2.40. The lowest BCUT2D eigenvalue weighted by Gasteiger charge is -2.29. The van der Waals surface area contributed by atoms with Crippen molar-refractivity contribution in [1.82, 2.24) is 4.98 Å². The molecule has 0 aliphatic carbocycles. The quantitative estimate of drug-likeness (QED) is 0.287. The average Bonchev–Trinajstić information content (AvgIpc) is 3.58. The van der Waals surface area contributed by atoms with Crippen LogP contribution in [0.15, 0.2) is 107 Å². The molecule has 200 valence electrons. The molecule has 0 saturated carbocycles. The Morgan fingerprint density at radius 3 is 2.36 bits per heavy atom. The molecule has 1 aliphatic rings. The van der Waals surface area contributed by atoms with Crippen LogP contribution in [0.3, 0.4) is 0 Å². The molecule has 2 heterocycles. The molecule has 3 aromatic carbocycles. The van der Waals surface area contributed by atoms with Crippen molar-refractivity contribution in [3.8, 4) is 11.3 Å². The van der Waals surface area contributed by atoms with E-state index in [2.05, 4.69) is 10.3 Å². The summed E-state index contributed by atoms with van der Waals surface area (Å²) in [6, 6.07) is 25.3. The number of nitrogens with zero attached hydrogens (tertiary/aromatic N) is 1. The second-order valence-electron chi connectivity index (χ2n) is 9.10. The van der Waals surface area contributed by atoms with E-state index in [4.69, 9.17) is 14.2 Å². The third-order valence-electron chi connectivity index (χ3n) is 6.17. The number of hydrogen-bond donors (Lipinski definition) is 1. The smallest absolute Gasteiger partial charge is 0.320 e. The van der Waals surface area contributed by atoms with Crippen LogP contribution in [0, 0.1) is 0 Å². The highest BCUT2D eigenvalue weighted by Gasteiger charge is 2.41. The van der Waals surface area contributed by atoms with Crippen molar-refractivity contribution in [3.63, 3.8) is 0 Å². The van der Waals surface area contributed by atoms with E-state index in [0.29, 0.717) is 17.1 Å². The monoisotopic (exact) mass is 562 g/mol. The zero-order chi connectivity index (χ0) is 27.5. The summed E-state index contributed by atoms with van der Waals surface area (Å²) in [5, 5.41) is 5.09. The van der Waals surface area contributed by atoms with Crippen LogP contribution in [0.25, 0.3) is 11.3 Å². The number of carbonyl (C=O) groups is 1. The number of anilines is 1. The summed E-state index contributed by atoms with van der Waals surface area (Å²) >= 11 is 1.29. The molecule has 10 heteroatoms. The summed E-state index contributed by atoms with van der Waals surface area (Å²) in [7, 11) is -3.42. The standard InChI is InChI=1S/C29H26N2O6S2/c1-29(22-13-15-23(16-14-22)39(2,33)34,37-26-18-35-25(36-26)17-20-9-5-3-6-10-20)27(32)31-28-30-24(19-38-28)21-11-7-4-8-12-21/h3-16,18-19,25H,17H2,1-2H3,(H,30,31,32). The second kappa shape index (κ2) is 10.9. The Morgan fingerprint density at radius 2 is 1.69 bits per heavy atom. The van der Waals surface area contributed by atoms with E-state index in [1.54, 1.807) is 19.1 Å². The van der Waals surface area contributed by atoms with Gasteiger partial charge >= 0.3 is 5.95 Å². The molecule has 5 rings (SSSR count). The van der Waals surface area contributed by atoms with Gasteiger partial charge in [0.15, 0.2) is 21.2 Å². The minimum atomic E-state index is -3.42. The molecule has 0 fully saturated rings. The Morgan fingerprint density at radius 1 is 1.03 bits per heavy atom. The fraction of sp³-hybridized carbons (Fsp3) is 0.172. The Balaban J connectivity index is 1.38. The van der Waals surface area contributed by atoms with Crippen LogP contribution in [-0.2, 0) is 40.9 Å². The number of ether oxygens (including phenoxy) is 3. The van der Waals surface area contributed by atoms with Crippen LogP contribution in [0.4, 0.5) is 5.13 Å². The zero-order valence-corrected chi connectivity index (χ0v) is 22.9. The first kappa shape index (κ1) is 26.5. The lowest BCUT2D eigenvalue weighted by atomic mass is 9.94. The van der Waals surface area contributed by atoms with Gasteiger partial charge in [-0.25, -0.2) is 13.4 Å². The summed E-state index contributed by atoms with van der Waals surface area (Å²) in [6.07, 6.45) is 2.33. The maximum atomic E-state index is 13.7. The summed E-state index contributed by atoms with van der Waals surface area (Å²) in [4.78, 5) is 18.4. The average molecular weight is 563 g/mol. The van der Waals surface area contributed by atoms with Crippen molar-refractivity contribution in [2.24, 2.45) is 0 Å². The van der Waals surface area contributed by atoms with Crippen molar-refractivity contribution in [1.29, 1.82) is 0 Å². The highest BCUT2D eigenvalue weighted by atomic mass is 32.2. The highest BCUT2D eigenvalue weighted by molar-refractivity contribution is 7.90.